The van der Waals surface area contributed by atoms with Gasteiger partial charge in [-0.2, -0.15) is 0 Å². The minimum absolute atomic E-state index is 0.0390. The van der Waals surface area contributed by atoms with Gasteiger partial charge in [-0.1, -0.05) is 18.2 Å². The van der Waals surface area contributed by atoms with E-state index in [1.807, 2.05) is 11.4 Å². The first-order chi connectivity index (χ1) is 14.2. The molecule has 1 saturated heterocycles. The van der Waals surface area contributed by atoms with Crippen LogP contribution in [0.1, 0.15) is 41.6 Å². The minimum atomic E-state index is -0.324. The standard InChI is InChI=1S/C22H27N3O3S/c1-2-28-22(27)20-18(16-8-9-16)15-29-21(20)23-19(26)14-24-10-12-25(13-11-24)17-6-4-3-5-7-17/h3-7,15-16H,2,8-14H2,1H3,(H,23,26)/p+1. The molecular formula is C22H28N3O3S+. The van der Waals surface area contributed by atoms with Crippen LogP contribution in [-0.4, -0.2) is 51.2 Å². The van der Waals surface area contributed by atoms with Crippen LogP contribution >= 0.6 is 11.3 Å². The topological polar surface area (TPSA) is 63.1 Å². The van der Waals surface area contributed by atoms with E-state index in [0.717, 1.165) is 44.6 Å². The Labute approximate surface area is 175 Å². The van der Waals surface area contributed by atoms with Crippen LogP contribution in [0.25, 0.3) is 0 Å². The van der Waals surface area contributed by atoms with Crippen molar-refractivity contribution >= 4 is 33.9 Å². The summed E-state index contributed by atoms with van der Waals surface area (Å²) in [6.45, 7) is 6.27. The normalized spacial score (nSPS) is 17.2. The zero-order chi connectivity index (χ0) is 20.2. The maximum Gasteiger partial charge on any atom is 0.341 e. The monoisotopic (exact) mass is 414 g/mol. The molecule has 1 amide bonds. The second-order valence-corrected chi connectivity index (χ2v) is 8.57. The van der Waals surface area contributed by atoms with E-state index in [0.29, 0.717) is 29.6 Å². The molecule has 0 spiro atoms. The molecule has 4 rings (SSSR count). The van der Waals surface area contributed by atoms with Gasteiger partial charge in [0.2, 0.25) is 0 Å². The van der Waals surface area contributed by atoms with Gasteiger partial charge in [0.25, 0.3) is 5.91 Å². The Bertz CT molecular complexity index is 855. The van der Waals surface area contributed by atoms with Crippen molar-refractivity contribution in [1.82, 2.24) is 0 Å². The fourth-order valence-electron chi connectivity index (χ4n) is 3.87. The van der Waals surface area contributed by atoms with Crippen LogP contribution in [0.2, 0.25) is 0 Å². The average Bonchev–Trinajstić information content (AvgIpc) is 3.50. The molecule has 1 saturated carbocycles. The number of piperazine rings is 1. The number of nitrogens with one attached hydrogen (secondary N) is 2. The lowest BCUT2D eigenvalue weighted by molar-refractivity contribution is -0.892. The smallest absolute Gasteiger partial charge is 0.341 e. The summed E-state index contributed by atoms with van der Waals surface area (Å²) in [5.41, 5.74) is 2.84. The summed E-state index contributed by atoms with van der Waals surface area (Å²) >= 11 is 1.44. The van der Waals surface area contributed by atoms with Crippen molar-refractivity contribution in [2.24, 2.45) is 0 Å². The van der Waals surface area contributed by atoms with Gasteiger partial charge >= 0.3 is 5.97 Å². The molecule has 2 aromatic rings. The average molecular weight is 415 g/mol. The highest BCUT2D eigenvalue weighted by Gasteiger charge is 2.32. The molecule has 6 nitrogen and oxygen atoms in total. The van der Waals surface area contributed by atoms with E-state index in [1.54, 1.807) is 6.92 Å². The SMILES string of the molecule is CCOC(=O)c1c(C2CC2)csc1NC(=O)C[NH+]1CCN(c2ccccc2)CC1. The van der Waals surface area contributed by atoms with E-state index >= 15 is 0 Å². The second kappa shape index (κ2) is 8.97. The quantitative estimate of drug-likeness (QED) is 0.682. The molecule has 1 aromatic heterocycles. The second-order valence-electron chi connectivity index (χ2n) is 7.69. The van der Waals surface area contributed by atoms with Crippen LogP contribution in [-0.2, 0) is 9.53 Å². The summed E-state index contributed by atoms with van der Waals surface area (Å²) in [7, 11) is 0. The van der Waals surface area contributed by atoms with Crippen LogP contribution in [0.15, 0.2) is 35.7 Å². The summed E-state index contributed by atoms with van der Waals surface area (Å²) in [6, 6.07) is 10.4. The molecule has 7 heteroatoms. The van der Waals surface area contributed by atoms with Crippen molar-refractivity contribution in [3.63, 3.8) is 0 Å². The van der Waals surface area contributed by atoms with Crippen molar-refractivity contribution in [3.05, 3.63) is 46.8 Å². The molecular weight excluding hydrogens is 386 g/mol. The number of amides is 1. The molecule has 2 fully saturated rings. The largest absolute Gasteiger partial charge is 0.462 e. The van der Waals surface area contributed by atoms with Crippen LogP contribution < -0.4 is 15.1 Å². The predicted molar refractivity (Wildman–Crippen MR) is 115 cm³/mol. The van der Waals surface area contributed by atoms with Gasteiger partial charge in [0, 0.05) is 5.69 Å². The number of quaternary nitrogens is 1. The molecule has 1 aliphatic carbocycles. The van der Waals surface area contributed by atoms with Crippen LogP contribution in [0.5, 0.6) is 0 Å². The van der Waals surface area contributed by atoms with Gasteiger partial charge in [-0.25, -0.2) is 4.79 Å². The zero-order valence-electron chi connectivity index (χ0n) is 16.8. The molecule has 2 aliphatic rings. The van der Waals surface area contributed by atoms with Gasteiger partial charge < -0.3 is 19.9 Å². The summed E-state index contributed by atoms with van der Waals surface area (Å²) in [6.07, 6.45) is 2.21. The van der Waals surface area contributed by atoms with Gasteiger partial charge in [0.15, 0.2) is 6.54 Å². The number of thiophene rings is 1. The van der Waals surface area contributed by atoms with Gasteiger partial charge in [-0.05, 0) is 48.8 Å². The highest BCUT2D eigenvalue weighted by molar-refractivity contribution is 7.15. The molecule has 0 atom stereocenters. The number of hydrogen-bond acceptors (Lipinski definition) is 5. The Hall–Kier alpha value is -2.38. The number of ether oxygens (including phenoxy) is 1. The Kier molecular flexibility index (Phi) is 6.16. The van der Waals surface area contributed by atoms with Crippen molar-refractivity contribution < 1.29 is 19.2 Å². The Morgan fingerprint density at radius 3 is 2.59 bits per heavy atom. The lowest BCUT2D eigenvalue weighted by Crippen LogP contribution is -3.15. The van der Waals surface area contributed by atoms with E-state index in [4.69, 9.17) is 4.74 Å². The number of nitrogens with zero attached hydrogens (tertiary/aromatic N) is 1. The fraction of sp³-hybridized carbons (Fsp3) is 0.455. The highest BCUT2D eigenvalue weighted by atomic mass is 32.1. The fourth-order valence-corrected chi connectivity index (χ4v) is 4.91. The van der Waals surface area contributed by atoms with Crippen molar-refractivity contribution in [2.45, 2.75) is 25.7 Å². The molecule has 1 aliphatic heterocycles. The molecule has 154 valence electrons. The van der Waals surface area contributed by atoms with Crippen molar-refractivity contribution in [3.8, 4) is 0 Å². The molecule has 0 bridgehead atoms. The molecule has 2 N–H and O–H groups in total. The lowest BCUT2D eigenvalue weighted by atomic mass is 10.1. The Morgan fingerprint density at radius 2 is 1.93 bits per heavy atom. The number of benzene rings is 1. The van der Waals surface area contributed by atoms with E-state index < -0.39 is 0 Å². The van der Waals surface area contributed by atoms with E-state index in [1.165, 1.54) is 21.9 Å². The maximum absolute atomic E-state index is 12.7. The van der Waals surface area contributed by atoms with Gasteiger partial charge in [-0.15, -0.1) is 11.3 Å². The summed E-state index contributed by atoms with van der Waals surface area (Å²) in [5.74, 6) is 0.0747. The van der Waals surface area contributed by atoms with E-state index in [2.05, 4.69) is 34.5 Å². The van der Waals surface area contributed by atoms with Crippen LogP contribution in [0, 0.1) is 0 Å². The maximum atomic E-state index is 12.7. The molecule has 0 unspecified atom stereocenters. The number of carbonyl (C=O) groups excluding carboxylic acids is 2. The molecule has 0 radical (unpaired) electrons. The van der Waals surface area contributed by atoms with E-state index in [9.17, 15) is 9.59 Å². The summed E-state index contributed by atoms with van der Waals surface area (Å²) in [5, 5.41) is 5.63. The molecule has 2 heterocycles. The summed E-state index contributed by atoms with van der Waals surface area (Å²) in [4.78, 5) is 28.7. The number of esters is 1. The lowest BCUT2D eigenvalue weighted by Gasteiger charge is -2.33. The van der Waals surface area contributed by atoms with Crippen LogP contribution in [0.4, 0.5) is 10.7 Å². The third-order valence-corrected chi connectivity index (χ3v) is 6.49. The van der Waals surface area contributed by atoms with Gasteiger partial charge in [-0.3, -0.25) is 4.79 Å². The third kappa shape index (κ3) is 4.79. The predicted octanol–water partition coefficient (Wildman–Crippen LogP) is 2.15. The third-order valence-electron chi connectivity index (χ3n) is 5.57. The minimum Gasteiger partial charge on any atom is -0.462 e. The van der Waals surface area contributed by atoms with Gasteiger partial charge in [0.1, 0.15) is 5.00 Å². The van der Waals surface area contributed by atoms with Gasteiger partial charge in [0.05, 0.1) is 38.3 Å². The Morgan fingerprint density at radius 1 is 1.21 bits per heavy atom. The molecule has 29 heavy (non-hydrogen) atoms. The van der Waals surface area contributed by atoms with Crippen LogP contribution in [0.3, 0.4) is 0 Å². The first kappa shape index (κ1) is 19.9. The number of anilines is 2. The first-order valence-electron chi connectivity index (χ1n) is 10.4. The molecule has 1 aromatic carbocycles. The number of hydrogen-bond donors (Lipinski definition) is 2. The van der Waals surface area contributed by atoms with Crippen molar-refractivity contribution in [1.29, 1.82) is 0 Å². The highest BCUT2D eigenvalue weighted by Crippen LogP contribution is 2.46. The van der Waals surface area contributed by atoms with Crippen molar-refractivity contribution in [2.75, 3.05) is 49.5 Å². The van der Waals surface area contributed by atoms with E-state index in [-0.39, 0.29) is 11.9 Å². The Balaban J connectivity index is 1.34. The summed E-state index contributed by atoms with van der Waals surface area (Å²) < 4.78 is 5.24. The number of rotatable bonds is 7. The number of carbonyl (C=O) groups is 2. The number of para-hydroxylation sites is 1. The zero-order valence-corrected chi connectivity index (χ0v) is 17.6. The first-order valence-corrected chi connectivity index (χ1v) is 11.3.